The number of aromatic nitrogens is 4. The van der Waals surface area contributed by atoms with Gasteiger partial charge in [0.1, 0.15) is 23.7 Å². The smallest absolute Gasteiger partial charge is 0.407 e. The summed E-state index contributed by atoms with van der Waals surface area (Å²) < 4.78 is 22.1. The molecule has 56 heavy (non-hydrogen) atoms. The normalized spacial score (nSPS) is 18.4. The summed E-state index contributed by atoms with van der Waals surface area (Å²) in [5.74, 6) is 2.91. The summed E-state index contributed by atoms with van der Waals surface area (Å²) in [6, 6.07) is 9.33. The van der Waals surface area contributed by atoms with Crippen molar-refractivity contribution in [3.8, 4) is 45.5 Å². The number of H-pyrrole nitrogens is 2. The van der Waals surface area contributed by atoms with Crippen molar-refractivity contribution in [3.05, 3.63) is 60.4 Å². The number of benzene rings is 2. The average molecular weight is 769 g/mol. The Balaban J connectivity index is 1.05. The van der Waals surface area contributed by atoms with Crippen molar-refractivity contribution in [3.63, 3.8) is 0 Å². The molecule has 2 aromatic heterocycles. The van der Waals surface area contributed by atoms with Gasteiger partial charge in [-0.1, -0.05) is 27.7 Å². The number of ether oxygens (including phenoxy) is 4. The number of rotatable bonds is 10. The minimum atomic E-state index is -0.719. The number of imidazole rings is 2. The van der Waals surface area contributed by atoms with Crippen LogP contribution in [0.4, 0.5) is 9.59 Å². The lowest BCUT2D eigenvalue weighted by Gasteiger charge is -2.30. The highest BCUT2D eigenvalue weighted by Crippen LogP contribution is 2.48. The Hall–Kier alpha value is -6.06. The summed E-state index contributed by atoms with van der Waals surface area (Å²) in [5, 5.41) is 5.37. The Labute approximate surface area is 324 Å². The number of methoxy groups -OCH3 is 2. The molecule has 2 aromatic carbocycles. The zero-order valence-corrected chi connectivity index (χ0v) is 32.4. The van der Waals surface area contributed by atoms with Crippen LogP contribution in [0.1, 0.15) is 77.1 Å². The number of nitrogens with one attached hydrogen (secondary N) is 4. The second-order valence-corrected chi connectivity index (χ2v) is 15.0. The molecule has 4 amide bonds. The van der Waals surface area contributed by atoms with Gasteiger partial charge >= 0.3 is 12.2 Å². The maximum Gasteiger partial charge on any atom is 0.407 e. The van der Waals surface area contributed by atoms with Crippen molar-refractivity contribution in [1.29, 1.82) is 0 Å². The predicted molar refractivity (Wildman–Crippen MR) is 204 cm³/mol. The van der Waals surface area contributed by atoms with Gasteiger partial charge in [0.15, 0.2) is 23.0 Å². The Kier molecular flexibility index (Phi) is 10.9. The van der Waals surface area contributed by atoms with E-state index >= 15 is 0 Å². The predicted octanol–water partition coefficient (Wildman–Crippen LogP) is 6.45. The van der Waals surface area contributed by atoms with E-state index in [9.17, 15) is 19.2 Å². The zero-order valence-electron chi connectivity index (χ0n) is 32.4. The van der Waals surface area contributed by atoms with Crippen LogP contribution >= 0.6 is 0 Å². The second-order valence-electron chi connectivity index (χ2n) is 15.0. The number of hydrogen-bond donors (Lipinski definition) is 4. The number of carbonyl (C=O) groups excluding carboxylic acids is 4. The third-order valence-corrected chi connectivity index (χ3v) is 10.6. The van der Waals surface area contributed by atoms with Gasteiger partial charge in [-0.15, -0.1) is 0 Å². The lowest BCUT2D eigenvalue weighted by molar-refractivity contribution is -0.136. The molecule has 3 aliphatic rings. The highest BCUT2D eigenvalue weighted by molar-refractivity contribution is 5.87. The molecule has 4 atom stereocenters. The first-order chi connectivity index (χ1) is 26.9. The summed E-state index contributed by atoms with van der Waals surface area (Å²) in [5.41, 5.74) is 3.15. The number of carbonyl (C=O) groups is 4. The van der Waals surface area contributed by atoms with Crippen LogP contribution in [-0.2, 0) is 19.1 Å². The highest BCUT2D eigenvalue weighted by Gasteiger charge is 2.39. The van der Waals surface area contributed by atoms with Gasteiger partial charge in [0.05, 0.1) is 50.1 Å². The van der Waals surface area contributed by atoms with Gasteiger partial charge in [0.25, 0.3) is 0 Å². The molecule has 2 saturated heterocycles. The molecule has 0 bridgehead atoms. The highest BCUT2D eigenvalue weighted by atomic mass is 16.6. The van der Waals surface area contributed by atoms with E-state index in [4.69, 9.17) is 18.9 Å². The minimum absolute atomic E-state index is 0.132. The minimum Gasteiger partial charge on any atom is -0.453 e. The van der Waals surface area contributed by atoms with Gasteiger partial charge in [0, 0.05) is 24.2 Å². The van der Waals surface area contributed by atoms with Crippen molar-refractivity contribution < 1.29 is 38.1 Å². The van der Waals surface area contributed by atoms with Crippen molar-refractivity contribution in [2.45, 2.75) is 77.5 Å². The maximum absolute atomic E-state index is 13.6. The quantitative estimate of drug-likeness (QED) is 0.123. The molecule has 16 heteroatoms. The van der Waals surface area contributed by atoms with Gasteiger partial charge in [-0.2, -0.15) is 0 Å². The SMILES string of the molecule is COC(=O)N[C@@H](C(=O)N1CCC[C@@H]1c1ncc(-c2ccc3c(c2)Oc2cc(-c4cnc([C@@H]5CCCN5C(=O)[C@H](NC(=O)OC)C(C)C)[nH]4)ccc2O3)[nH]1)C(C)C. The number of fused-ring (bicyclic) bond motifs is 2. The summed E-state index contributed by atoms with van der Waals surface area (Å²) in [6.45, 7) is 8.66. The number of amides is 4. The first kappa shape index (κ1) is 38.2. The third-order valence-electron chi connectivity index (χ3n) is 10.6. The van der Waals surface area contributed by atoms with E-state index in [0.29, 0.717) is 47.7 Å². The number of hydrogen-bond acceptors (Lipinski definition) is 10. The van der Waals surface area contributed by atoms with Crippen molar-refractivity contribution >= 4 is 24.0 Å². The Morgan fingerprint density at radius 1 is 0.679 bits per heavy atom. The molecule has 3 aliphatic heterocycles. The van der Waals surface area contributed by atoms with E-state index in [1.54, 1.807) is 22.2 Å². The van der Waals surface area contributed by atoms with Crippen LogP contribution < -0.4 is 20.1 Å². The summed E-state index contributed by atoms with van der Waals surface area (Å²) in [7, 11) is 2.56. The second kappa shape index (κ2) is 16.0. The van der Waals surface area contributed by atoms with Gasteiger partial charge in [-0.25, -0.2) is 19.6 Å². The fourth-order valence-electron chi connectivity index (χ4n) is 7.61. The molecular formula is C40H48N8O8. The van der Waals surface area contributed by atoms with Crippen molar-refractivity contribution in [1.82, 2.24) is 40.4 Å². The van der Waals surface area contributed by atoms with Crippen LogP contribution in [0.5, 0.6) is 23.0 Å². The molecule has 0 aliphatic carbocycles. The third kappa shape index (κ3) is 7.59. The maximum atomic E-state index is 13.6. The lowest BCUT2D eigenvalue weighted by Crippen LogP contribution is -2.51. The molecule has 296 valence electrons. The molecule has 0 spiro atoms. The Morgan fingerprint density at radius 2 is 1.09 bits per heavy atom. The van der Waals surface area contributed by atoms with Gasteiger partial charge in [-0.05, 0) is 73.9 Å². The molecule has 5 heterocycles. The summed E-state index contributed by atoms with van der Waals surface area (Å²) in [6.07, 6.45) is 5.31. The number of nitrogens with zero attached hydrogens (tertiary/aromatic N) is 4. The van der Waals surface area contributed by atoms with Gasteiger partial charge in [0.2, 0.25) is 11.8 Å². The lowest BCUT2D eigenvalue weighted by atomic mass is 10.0. The monoisotopic (exact) mass is 768 g/mol. The fraction of sp³-hybridized carbons (Fsp3) is 0.450. The topological polar surface area (TPSA) is 193 Å². The fourth-order valence-corrected chi connectivity index (χ4v) is 7.61. The van der Waals surface area contributed by atoms with Crippen LogP contribution in [0.3, 0.4) is 0 Å². The molecule has 4 aromatic rings. The molecule has 16 nitrogen and oxygen atoms in total. The molecule has 4 N–H and O–H groups in total. The van der Waals surface area contributed by atoms with Crippen LogP contribution in [0.15, 0.2) is 48.8 Å². The van der Waals surface area contributed by atoms with Crippen molar-refractivity contribution in [2.75, 3.05) is 27.3 Å². The first-order valence-corrected chi connectivity index (χ1v) is 19.0. The van der Waals surface area contributed by atoms with Gasteiger partial charge in [-0.3, -0.25) is 9.59 Å². The van der Waals surface area contributed by atoms with Gasteiger partial charge < -0.3 is 49.3 Å². The Morgan fingerprint density at radius 3 is 1.48 bits per heavy atom. The van der Waals surface area contributed by atoms with E-state index in [2.05, 4.69) is 30.6 Å². The van der Waals surface area contributed by atoms with Crippen LogP contribution in [0.25, 0.3) is 22.5 Å². The molecule has 0 radical (unpaired) electrons. The largest absolute Gasteiger partial charge is 0.453 e. The number of alkyl carbamates (subject to hydrolysis) is 2. The van der Waals surface area contributed by atoms with E-state index < -0.39 is 24.3 Å². The van der Waals surface area contributed by atoms with E-state index in [-0.39, 0.29) is 35.7 Å². The van der Waals surface area contributed by atoms with Crippen LogP contribution in [-0.4, -0.2) is 93.1 Å². The van der Waals surface area contributed by atoms with E-state index in [1.807, 2.05) is 64.1 Å². The molecular weight excluding hydrogens is 720 g/mol. The Bertz CT molecular complexity index is 1960. The standard InChI is InChI=1S/C40H48N8O8/c1-21(2)33(45-39(51)53-5)37(49)47-15-7-9-27(47)35-41-19-25(43-35)23-11-13-29-31(17-23)56-32-18-24(12-14-30(32)55-29)26-20-42-36(44-26)28-10-8-16-48(28)38(50)34(22(3)4)46-40(52)54-6/h11-14,17-22,27-28,33-34H,7-10,15-16H2,1-6H3,(H,41,43)(H,42,44)(H,45,51)(H,46,52)/t27-,28+,33-,34-/m1/s1. The first-order valence-electron chi connectivity index (χ1n) is 19.0. The number of aromatic amines is 2. The average Bonchev–Trinajstić information content (AvgIpc) is 4.03. The summed E-state index contributed by atoms with van der Waals surface area (Å²) in [4.78, 5) is 70.9. The van der Waals surface area contributed by atoms with Crippen LogP contribution in [0, 0.1) is 11.8 Å². The zero-order chi connectivity index (χ0) is 39.7. The summed E-state index contributed by atoms with van der Waals surface area (Å²) >= 11 is 0. The van der Waals surface area contributed by atoms with Crippen LogP contribution in [0.2, 0.25) is 0 Å². The molecule has 7 rings (SSSR count). The molecule has 2 fully saturated rings. The van der Waals surface area contributed by atoms with Crippen molar-refractivity contribution in [2.24, 2.45) is 11.8 Å². The van der Waals surface area contributed by atoms with E-state index in [1.165, 1.54) is 14.2 Å². The molecule has 0 unspecified atom stereocenters. The van der Waals surface area contributed by atoms with E-state index in [0.717, 1.165) is 48.2 Å². The molecule has 0 saturated carbocycles. The number of likely N-dealkylation sites (tertiary alicyclic amines) is 2.